The van der Waals surface area contributed by atoms with Crippen LogP contribution in [-0.2, 0) is 16.0 Å². The van der Waals surface area contributed by atoms with Gasteiger partial charge in [0.25, 0.3) is 0 Å². The number of nitrogens with one attached hydrogen (secondary N) is 1. The van der Waals surface area contributed by atoms with Crippen LogP contribution in [0.4, 0.5) is 0 Å². The van der Waals surface area contributed by atoms with Gasteiger partial charge in [-0.3, -0.25) is 14.6 Å². The molecule has 0 radical (unpaired) electrons. The molecule has 0 aliphatic carbocycles. The molecule has 1 aliphatic heterocycles. The number of carbonyl (C=O) groups is 2. The molecule has 0 spiro atoms. The number of amides is 2. The Bertz CT molecular complexity index is 761. The number of nitrogens with zero attached hydrogens (tertiary/aromatic N) is 2. The second-order valence-corrected chi connectivity index (χ2v) is 6.42. The molecule has 2 atom stereocenters. The van der Waals surface area contributed by atoms with E-state index in [2.05, 4.69) is 16.4 Å². The highest BCUT2D eigenvalue weighted by atomic mass is 16.2. The minimum atomic E-state index is -0.210. The lowest BCUT2D eigenvalue weighted by Crippen LogP contribution is -2.41. The zero-order valence-corrected chi connectivity index (χ0v) is 14.6. The molecule has 1 aromatic heterocycles. The zero-order chi connectivity index (χ0) is 17.8. The molecular formula is C20H23N3O2. The summed E-state index contributed by atoms with van der Waals surface area (Å²) in [7, 11) is 0. The molecule has 1 aromatic carbocycles. The van der Waals surface area contributed by atoms with Crippen LogP contribution in [0.2, 0.25) is 0 Å². The number of rotatable bonds is 4. The largest absolute Gasteiger partial charge is 0.348 e. The van der Waals surface area contributed by atoms with Gasteiger partial charge in [0.05, 0.1) is 24.2 Å². The first-order valence-electron chi connectivity index (χ1n) is 8.61. The molecule has 2 amide bonds. The molecule has 1 aliphatic rings. The Morgan fingerprint density at radius 1 is 1.24 bits per heavy atom. The number of carbonyl (C=O) groups excluding carboxylic acids is 2. The Morgan fingerprint density at radius 2 is 2.00 bits per heavy atom. The first-order chi connectivity index (χ1) is 12.1. The van der Waals surface area contributed by atoms with Crippen LogP contribution in [0.25, 0.3) is 0 Å². The number of aromatic nitrogens is 1. The van der Waals surface area contributed by atoms with E-state index in [1.807, 2.05) is 43.3 Å². The van der Waals surface area contributed by atoms with E-state index in [-0.39, 0.29) is 30.3 Å². The molecule has 2 aromatic rings. The van der Waals surface area contributed by atoms with Crippen LogP contribution in [0, 0.1) is 0 Å². The van der Waals surface area contributed by atoms with Gasteiger partial charge < -0.3 is 10.2 Å². The summed E-state index contributed by atoms with van der Waals surface area (Å²) in [6, 6.07) is 13.3. The van der Waals surface area contributed by atoms with Crippen molar-refractivity contribution in [1.29, 1.82) is 0 Å². The average molecular weight is 337 g/mol. The Labute approximate surface area is 148 Å². The third kappa shape index (κ3) is 3.87. The van der Waals surface area contributed by atoms with Gasteiger partial charge in [0.2, 0.25) is 11.8 Å². The van der Waals surface area contributed by atoms with Crippen molar-refractivity contribution >= 4 is 11.8 Å². The van der Waals surface area contributed by atoms with Crippen molar-refractivity contribution in [3.05, 3.63) is 65.5 Å². The topological polar surface area (TPSA) is 62.3 Å². The molecule has 0 bridgehead atoms. The van der Waals surface area contributed by atoms with Crippen LogP contribution in [0.15, 0.2) is 48.7 Å². The highest BCUT2D eigenvalue weighted by Crippen LogP contribution is 2.32. The van der Waals surface area contributed by atoms with Crippen LogP contribution < -0.4 is 5.32 Å². The highest BCUT2D eigenvalue weighted by molar-refractivity contribution is 5.80. The summed E-state index contributed by atoms with van der Waals surface area (Å²) in [5, 5.41) is 2.99. The first kappa shape index (κ1) is 17.1. The summed E-state index contributed by atoms with van der Waals surface area (Å²) >= 11 is 0. The van der Waals surface area contributed by atoms with Crippen LogP contribution >= 0.6 is 0 Å². The van der Waals surface area contributed by atoms with E-state index in [9.17, 15) is 9.59 Å². The van der Waals surface area contributed by atoms with Gasteiger partial charge in [0.15, 0.2) is 0 Å². The van der Waals surface area contributed by atoms with Crippen LogP contribution in [0.3, 0.4) is 0 Å². The Morgan fingerprint density at radius 3 is 2.72 bits per heavy atom. The zero-order valence-electron chi connectivity index (χ0n) is 14.6. The molecular weight excluding hydrogens is 314 g/mol. The van der Waals surface area contributed by atoms with Gasteiger partial charge in [-0.1, -0.05) is 30.3 Å². The number of benzene rings is 1. The quantitative estimate of drug-likeness (QED) is 0.933. The average Bonchev–Trinajstić information content (AvgIpc) is 2.62. The second-order valence-electron chi connectivity index (χ2n) is 6.42. The Hall–Kier alpha value is -2.69. The molecule has 0 unspecified atom stereocenters. The van der Waals surface area contributed by atoms with E-state index in [1.165, 1.54) is 5.56 Å². The van der Waals surface area contributed by atoms with E-state index in [4.69, 9.17) is 0 Å². The fraction of sp³-hybridized carbons (Fsp3) is 0.350. The van der Waals surface area contributed by atoms with Crippen molar-refractivity contribution in [3.63, 3.8) is 0 Å². The lowest BCUT2D eigenvalue weighted by Gasteiger charge is -2.36. The normalized spacial score (nSPS) is 17.5. The summed E-state index contributed by atoms with van der Waals surface area (Å²) in [6.45, 7) is 4.13. The van der Waals surface area contributed by atoms with Gasteiger partial charge in [-0.15, -0.1) is 0 Å². The van der Waals surface area contributed by atoms with E-state index in [1.54, 1.807) is 18.0 Å². The van der Waals surface area contributed by atoms with Crippen molar-refractivity contribution in [2.75, 3.05) is 6.54 Å². The van der Waals surface area contributed by atoms with E-state index >= 15 is 0 Å². The van der Waals surface area contributed by atoms with Crippen LogP contribution in [0.1, 0.15) is 49.2 Å². The van der Waals surface area contributed by atoms with E-state index < -0.39 is 0 Å². The highest BCUT2D eigenvalue weighted by Gasteiger charge is 2.30. The number of fused-ring (bicyclic) bond motifs is 1. The minimum absolute atomic E-state index is 0.00470. The standard InChI is InChI=1S/C20H23N3O2/c1-14(18-9-5-6-11-21-18)22-20(25)13-19-17-8-4-3-7-16(17)10-12-23(19)15(2)24/h3-9,11,14,19H,10,12-13H2,1-2H3,(H,22,25)/t14-,19-/m0/s1. The monoisotopic (exact) mass is 337 g/mol. The fourth-order valence-corrected chi connectivity index (χ4v) is 3.43. The minimum Gasteiger partial charge on any atom is -0.348 e. The van der Waals surface area contributed by atoms with Gasteiger partial charge in [0.1, 0.15) is 0 Å². The third-order valence-electron chi connectivity index (χ3n) is 4.70. The lowest BCUT2D eigenvalue weighted by atomic mass is 9.90. The molecule has 130 valence electrons. The molecule has 3 rings (SSSR count). The predicted octanol–water partition coefficient (Wildman–Crippen LogP) is 2.79. The number of pyridine rings is 1. The smallest absolute Gasteiger partial charge is 0.222 e. The summed E-state index contributed by atoms with van der Waals surface area (Å²) in [4.78, 5) is 30.7. The maximum atomic E-state index is 12.6. The number of hydrogen-bond donors (Lipinski definition) is 1. The molecule has 0 saturated carbocycles. The molecule has 0 saturated heterocycles. The lowest BCUT2D eigenvalue weighted by molar-refractivity contribution is -0.133. The third-order valence-corrected chi connectivity index (χ3v) is 4.70. The van der Waals surface area contributed by atoms with Gasteiger partial charge in [-0.2, -0.15) is 0 Å². The molecule has 1 N–H and O–H groups in total. The maximum absolute atomic E-state index is 12.6. The molecule has 2 heterocycles. The fourth-order valence-electron chi connectivity index (χ4n) is 3.43. The Balaban J connectivity index is 1.75. The molecule has 0 fully saturated rings. The Kier molecular flexibility index (Phi) is 5.12. The maximum Gasteiger partial charge on any atom is 0.222 e. The van der Waals surface area contributed by atoms with Gasteiger partial charge in [-0.05, 0) is 36.6 Å². The van der Waals surface area contributed by atoms with E-state index in [0.29, 0.717) is 6.54 Å². The van der Waals surface area contributed by atoms with Crippen molar-refractivity contribution < 1.29 is 9.59 Å². The van der Waals surface area contributed by atoms with Crippen molar-refractivity contribution in [2.45, 2.75) is 38.8 Å². The number of hydrogen-bond acceptors (Lipinski definition) is 3. The van der Waals surface area contributed by atoms with Crippen molar-refractivity contribution in [2.24, 2.45) is 0 Å². The summed E-state index contributed by atoms with van der Waals surface area (Å²) < 4.78 is 0. The van der Waals surface area contributed by atoms with E-state index in [0.717, 1.165) is 17.7 Å². The molecule has 5 heteroatoms. The van der Waals surface area contributed by atoms with Crippen LogP contribution in [0.5, 0.6) is 0 Å². The summed E-state index contributed by atoms with van der Waals surface area (Å²) in [5.74, 6) is -0.0730. The second kappa shape index (κ2) is 7.47. The van der Waals surface area contributed by atoms with Crippen molar-refractivity contribution in [1.82, 2.24) is 15.2 Å². The SMILES string of the molecule is CC(=O)N1CCc2ccccc2[C@@H]1CC(=O)N[C@@H](C)c1ccccn1. The van der Waals surface area contributed by atoms with Gasteiger partial charge in [-0.25, -0.2) is 0 Å². The summed E-state index contributed by atoms with van der Waals surface area (Å²) in [5.41, 5.74) is 3.11. The van der Waals surface area contributed by atoms with Gasteiger partial charge in [0, 0.05) is 19.7 Å². The van der Waals surface area contributed by atoms with Gasteiger partial charge >= 0.3 is 0 Å². The predicted molar refractivity (Wildman–Crippen MR) is 95.7 cm³/mol. The molecule has 25 heavy (non-hydrogen) atoms. The molecule has 5 nitrogen and oxygen atoms in total. The van der Waals surface area contributed by atoms with Crippen molar-refractivity contribution in [3.8, 4) is 0 Å². The summed E-state index contributed by atoms with van der Waals surface area (Å²) in [6.07, 6.45) is 2.80. The van der Waals surface area contributed by atoms with Crippen LogP contribution in [-0.4, -0.2) is 28.2 Å². The first-order valence-corrected chi connectivity index (χ1v) is 8.61.